The number of rotatable bonds is 4. The molecule has 0 bridgehead atoms. The van der Waals surface area contributed by atoms with Gasteiger partial charge in [0.25, 0.3) is 0 Å². The highest BCUT2D eigenvalue weighted by Crippen LogP contribution is 2.31. The van der Waals surface area contributed by atoms with E-state index in [1.165, 1.54) is 0 Å². The highest BCUT2D eigenvalue weighted by Gasteiger charge is 2.09. The van der Waals surface area contributed by atoms with Crippen molar-refractivity contribution in [2.24, 2.45) is 5.73 Å². The molecule has 0 radical (unpaired) electrons. The van der Waals surface area contributed by atoms with Gasteiger partial charge >= 0.3 is 0 Å². The fourth-order valence-corrected chi connectivity index (χ4v) is 1.82. The van der Waals surface area contributed by atoms with Crippen molar-refractivity contribution < 1.29 is 14.3 Å². The molecule has 0 aliphatic carbocycles. The molecule has 0 amide bonds. The smallest absolute Gasteiger partial charge is 0.168 e. The van der Waals surface area contributed by atoms with Crippen molar-refractivity contribution in [3.8, 4) is 17.1 Å². The number of aliphatic hydroxyl groups is 1. The number of ether oxygens (including phenoxy) is 1. The van der Waals surface area contributed by atoms with Crippen LogP contribution in [0.2, 0.25) is 0 Å². The number of methoxy groups -OCH3 is 1. The number of hydrogen-bond acceptors (Lipinski definition) is 4. The Hall–Kier alpha value is -2.05. The van der Waals surface area contributed by atoms with Crippen LogP contribution in [0, 0.1) is 0 Å². The normalized spacial score (nSPS) is 10.2. The van der Waals surface area contributed by atoms with E-state index in [0.717, 1.165) is 5.56 Å². The monoisotopic (exact) mass is 278 g/mol. The van der Waals surface area contributed by atoms with Gasteiger partial charge in [-0.1, -0.05) is 0 Å². The number of hydrogen-bond donors (Lipinski definition) is 3. The minimum absolute atomic E-state index is 0.131. The predicted octanol–water partition coefficient (Wildman–Crippen LogP) is 2.10. The van der Waals surface area contributed by atoms with Crippen LogP contribution in [0.1, 0.15) is 5.76 Å². The second kappa shape index (κ2) is 5.73. The molecular weight excluding hydrogens is 264 g/mol. The fourth-order valence-electron chi connectivity index (χ4n) is 1.71. The van der Waals surface area contributed by atoms with E-state index in [1.54, 1.807) is 25.3 Å². The topological polar surface area (TPSA) is 80.7 Å². The van der Waals surface area contributed by atoms with Crippen LogP contribution in [0.5, 0.6) is 5.75 Å². The third kappa shape index (κ3) is 3.04. The Morgan fingerprint density at radius 1 is 1.42 bits per heavy atom. The summed E-state index contributed by atoms with van der Waals surface area (Å²) >= 11 is 4.82. The van der Waals surface area contributed by atoms with Gasteiger partial charge in [0.05, 0.1) is 12.8 Å². The molecule has 0 saturated heterocycles. The second-order valence-electron chi connectivity index (χ2n) is 3.83. The summed E-state index contributed by atoms with van der Waals surface area (Å²) < 4.78 is 10.7. The molecule has 0 spiro atoms. The number of nitrogens with one attached hydrogen (secondary N) is 1. The van der Waals surface area contributed by atoms with E-state index in [1.807, 2.05) is 12.1 Å². The van der Waals surface area contributed by atoms with Crippen LogP contribution in [-0.2, 0) is 6.61 Å². The molecule has 6 heteroatoms. The molecule has 2 rings (SSSR count). The van der Waals surface area contributed by atoms with Crippen LogP contribution < -0.4 is 15.8 Å². The van der Waals surface area contributed by atoms with Crippen LogP contribution in [0.15, 0.2) is 34.7 Å². The summed E-state index contributed by atoms with van der Waals surface area (Å²) in [5, 5.41) is 12.0. The molecule has 1 aromatic heterocycles. The Bertz CT molecular complexity index is 595. The van der Waals surface area contributed by atoms with E-state index in [2.05, 4.69) is 5.32 Å². The summed E-state index contributed by atoms with van der Waals surface area (Å²) in [5.74, 6) is 1.79. The maximum atomic E-state index is 8.99. The van der Waals surface area contributed by atoms with E-state index in [-0.39, 0.29) is 11.7 Å². The predicted molar refractivity (Wildman–Crippen MR) is 77.0 cm³/mol. The Balaban J connectivity index is 2.38. The van der Waals surface area contributed by atoms with Gasteiger partial charge in [-0.3, -0.25) is 0 Å². The van der Waals surface area contributed by atoms with Crippen molar-refractivity contribution in [3.05, 3.63) is 36.1 Å². The lowest BCUT2D eigenvalue weighted by Crippen LogP contribution is -2.19. The van der Waals surface area contributed by atoms with Gasteiger partial charge in [0.1, 0.15) is 23.9 Å². The summed E-state index contributed by atoms with van der Waals surface area (Å²) in [4.78, 5) is 0. The van der Waals surface area contributed by atoms with Gasteiger partial charge in [-0.2, -0.15) is 0 Å². The van der Waals surface area contributed by atoms with Crippen molar-refractivity contribution in [1.29, 1.82) is 0 Å². The molecule has 0 atom stereocenters. The van der Waals surface area contributed by atoms with Crippen molar-refractivity contribution in [1.82, 2.24) is 0 Å². The molecule has 2 aromatic rings. The Morgan fingerprint density at radius 3 is 2.79 bits per heavy atom. The summed E-state index contributed by atoms with van der Waals surface area (Å²) in [6.07, 6.45) is 0. The number of aliphatic hydroxyl groups excluding tert-OH is 1. The van der Waals surface area contributed by atoms with Crippen molar-refractivity contribution in [3.63, 3.8) is 0 Å². The first-order chi connectivity index (χ1) is 9.13. The molecule has 0 unspecified atom stereocenters. The lowest BCUT2D eigenvalue weighted by Gasteiger charge is -2.11. The van der Waals surface area contributed by atoms with Crippen LogP contribution >= 0.6 is 12.2 Å². The summed E-state index contributed by atoms with van der Waals surface area (Å²) in [5.41, 5.74) is 6.96. The number of anilines is 1. The first kappa shape index (κ1) is 13.4. The van der Waals surface area contributed by atoms with Crippen molar-refractivity contribution >= 4 is 23.0 Å². The molecule has 0 aliphatic heterocycles. The molecular formula is C13H14N2O3S. The maximum Gasteiger partial charge on any atom is 0.168 e. The molecule has 1 heterocycles. The highest BCUT2D eigenvalue weighted by atomic mass is 32.1. The molecule has 19 heavy (non-hydrogen) atoms. The van der Waals surface area contributed by atoms with Gasteiger partial charge in [-0.15, -0.1) is 0 Å². The average molecular weight is 278 g/mol. The Kier molecular flexibility index (Phi) is 4.03. The average Bonchev–Trinajstić information content (AvgIpc) is 2.86. The third-order valence-electron chi connectivity index (χ3n) is 2.56. The van der Waals surface area contributed by atoms with Gasteiger partial charge in [-0.25, -0.2) is 0 Å². The maximum absolute atomic E-state index is 8.99. The van der Waals surface area contributed by atoms with Gasteiger partial charge in [0.15, 0.2) is 5.11 Å². The number of thiocarbonyl (C=S) groups is 1. The summed E-state index contributed by atoms with van der Waals surface area (Å²) in [6, 6.07) is 8.97. The minimum Gasteiger partial charge on any atom is -0.495 e. The first-order valence-electron chi connectivity index (χ1n) is 5.58. The van der Waals surface area contributed by atoms with Gasteiger partial charge in [0, 0.05) is 5.56 Å². The number of furan rings is 1. The molecule has 5 nitrogen and oxygen atoms in total. The molecule has 0 saturated carbocycles. The van der Waals surface area contributed by atoms with Crippen LogP contribution in [0.3, 0.4) is 0 Å². The van der Waals surface area contributed by atoms with Crippen LogP contribution in [-0.4, -0.2) is 17.3 Å². The standard InChI is InChI=1S/C13H14N2O3S/c1-17-12-4-2-8(6-10(12)15-13(14)19)11-5-3-9(7-16)18-11/h2-6,16H,7H2,1H3,(H3,14,15,19). The molecule has 100 valence electrons. The molecule has 0 fully saturated rings. The largest absolute Gasteiger partial charge is 0.495 e. The van der Waals surface area contributed by atoms with E-state index < -0.39 is 0 Å². The molecule has 1 aromatic carbocycles. The Labute approximate surface area is 116 Å². The fraction of sp³-hybridized carbons (Fsp3) is 0.154. The zero-order chi connectivity index (χ0) is 13.8. The number of nitrogens with two attached hydrogens (primary N) is 1. The van der Waals surface area contributed by atoms with E-state index in [0.29, 0.717) is 23.0 Å². The van der Waals surface area contributed by atoms with Gasteiger partial charge in [-0.05, 0) is 42.5 Å². The van der Waals surface area contributed by atoms with Crippen molar-refractivity contribution in [2.75, 3.05) is 12.4 Å². The second-order valence-corrected chi connectivity index (χ2v) is 4.27. The van der Waals surface area contributed by atoms with Crippen molar-refractivity contribution in [2.45, 2.75) is 6.61 Å². The summed E-state index contributed by atoms with van der Waals surface area (Å²) in [7, 11) is 1.57. The quantitative estimate of drug-likeness (QED) is 0.743. The lowest BCUT2D eigenvalue weighted by atomic mass is 10.1. The zero-order valence-corrected chi connectivity index (χ0v) is 11.2. The third-order valence-corrected chi connectivity index (χ3v) is 2.66. The highest BCUT2D eigenvalue weighted by molar-refractivity contribution is 7.80. The lowest BCUT2D eigenvalue weighted by molar-refractivity contribution is 0.248. The van der Waals surface area contributed by atoms with E-state index >= 15 is 0 Å². The van der Waals surface area contributed by atoms with Gasteiger partial charge < -0.3 is 25.3 Å². The van der Waals surface area contributed by atoms with Crippen LogP contribution in [0.25, 0.3) is 11.3 Å². The van der Waals surface area contributed by atoms with E-state index in [4.69, 9.17) is 32.2 Å². The summed E-state index contributed by atoms with van der Waals surface area (Å²) in [6.45, 7) is -0.131. The van der Waals surface area contributed by atoms with E-state index in [9.17, 15) is 0 Å². The zero-order valence-electron chi connectivity index (χ0n) is 10.3. The SMILES string of the molecule is COc1ccc(-c2ccc(CO)o2)cc1NC(N)=S. The molecule has 4 N–H and O–H groups in total. The van der Waals surface area contributed by atoms with Gasteiger partial charge in [0.2, 0.25) is 0 Å². The van der Waals surface area contributed by atoms with Crippen LogP contribution in [0.4, 0.5) is 5.69 Å². The molecule has 0 aliphatic rings. The Morgan fingerprint density at radius 2 is 2.21 bits per heavy atom. The first-order valence-corrected chi connectivity index (χ1v) is 5.99. The number of benzene rings is 1. The minimum atomic E-state index is -0.131.